The summed E-state index contributed by atoms with van der Waals surface area (Å²) in [7, 11) is 0. The summed E-state index contributed by atoms with van der Waals surface area (Å²) >= 11 is 7.38. The normalized spacial score (nSPS) is 15.3. The Balaban J connectivity index is 1.92. The van der Waals surface area contributed by atoms with Crippen molar-refractivity contribution >= 4 is 78.2 Å². The fourth-order valence-corrected chi connectivity index (χ4v) is 4.44. The Morgan fingerprint density at radius 2 is 1.23 bits per heavy atom. The Morgan fingerprint density at radius 3 is 1.87 bits per heavy atom. The molecule has 3 aromatic heterocycles. The van der Waals surface area contributed by atoms with Crippen molar-refractivity contribution in [1.29, 1.82) is 0 Å². The van der Waals surface area contributed by atoms with E-state index in [1.54, 1.807) is 0 Å². The average molecular weight is 525 g/mol. The molecule has 0 amide bonds. The summed E-state index contributed by atoms with van der Waals surface area (Å²) in [6.07, 6.45) is 7.94. The minimum atomic E-state index is 0.0328. The molecule has 0 spiro atoms. The van der Waals surface area contributed by atoms with Crippen LogP contribution >= 0.6 is 31.9 Å². The lowest BCUT2D eigenvalue weighted by molar-refractivity contribution is 1.15. The topological polar surface area (TPSA) is 57.4 Å². The van der Waals surface area contributed by atoms with E-state index in [1.807, 2.05) is 43.4 Å². The Labute approximate surface area is 192 Å². The van der Waals surface area contributed by atoms with Crippen molar-refractivity contribution in [2.75, 3.05) is 0 Å². The van der Waals surface area contributed by atoms with E-state index in [0.29, 0.717) is 6.04 Å². The quantitative estimate of drug-likeness (QED) is 0.234. The van der Waals surface area contributed by atoms with Crippen LogP contribution in [0.15, 0.2) is 36.4 Å². The van der Waals surface area contributed by atoms with Gasteiger partial charge in [0, 0.05) is 31.7 Å². The highest BCUT2D eigenvalue weighted by molar-refractivity contribution is 9.09. The number of alkyl halides is 2. The number of halogens is 2. The van der Waals surface area contributed by atoms with Crippen molar-refractivity contribution in [2.45, 2.75) is 23.5 Å². The lowest BCUT2D eigenvalue weighted by Gasteiger charge is -1.98. The third-order valence-corrected chi connectivity index (χ3v) is 6.05. The van der Waals surface area contributed by atoms with Gasteiger partial charge in [-0.25, -0.2) is 9.97 Å². The fourth-order valence-electron chi connectivity index (χ4n) is 3.70. The van der Waals surface area contributed by atoms with E-state index >= 15 is 0 Å². The number of fused-ring (bicyclic) bond motifs is 8. The van der Waals surface area contributed by atoms with Crippen molar-refractivity contribution in [1.82, 2.24) is 19.9 Å². The minimum Gasteiger partial charge on any atom is -0.355 e. The summed E-state index contributed by atoms with van der Waals surface area (Å²) in [6.45, 7) is 4.15. The van der Waals surface area contributed by atoms with Crippen LogP contribution < -0.4 is 0 Å². The highest BCUT2D eigenvalue weighted by Gasteiger charge is 2.10. The maximum absolute atomic E-state index is 8.73. The number of hydrogen-bond donors (Lipinski definition) is 2. The van der Waals surface area contributed by atoms with Crippen LogP contribution in [0.3, 0.4) is 0 Å². The highest BCUT2D eigenvalue weighted by atomic mass is 79.9. The molecule has 3 aromatic rings. The molecule has 5 rings (SSSR count). The zero-order valence-corrected chi connectivity index (χ0v) is 19.7. The van der Waals surface area contributed by atoms with E-state index in [0.717, 1.165) is 56.0 Å². The number of aromatic nitrogens is 4. The molecule has 150 valence electrons. The Hall–Kier alpha value is -2.44. The van der Waals surface area contributed by atoms with Gasteiger partial charge in [-0.2, -0.15) is 0 Å². The molecule has 0 radical (unpaired) electrons. The third kappa shape index (κ3) is 3.82. The summed E-state index contributed by atoms with van der Waals surface area (Å²) in [4.78, 5) is 16.6. The van der Waals surface area contributed by atoms with Crippen LogP contribution in [0.2, 0.25) is 0 Å². The maximum atomic E-state index is 8.73. The first-order valence-electron chi connectivity index (χ1n) is 10.3. The molecule has 0 saturated carbocycles. The zero-order valence-electron chi connectivity index (χ0n) is 17.5. The molecule has 2 aliphatic rings. The van der Waals surface area contributed by atoms with Crippen LogP contribution in [-0.4, -0.2) is 19.9 Å². The van der Waals surface area contributed by atoms with Crippen molar-refractivity contribution in [3.8, 4) is 0 Å². The number of nitrogens with one attached hydrogen (secondary N) is 2. The van der Waals surface area contributed by atoms with Crippen LogP contribution in [0.5, 0.6) is 0 Å². The Kier molecular flexibility index (Phi) is 4.69. The van der Waals surface area contributed by atoms with Gasteiger partial charge < -0.3 is 9.97 Å². The second-order valence-electron chi connectivity index (χ2n) is 7.48. The van der Waals surface area contributed by atoms with E-state index in [-0.39, 0.29) is 9.65 Å². The number of aromatic amines is 2. The lowest BCUT2D eigenvalue weighted by atomic mass is 10.2. The molecule has 2 atom stereocenters. The number of nitrogens with zero attached hydrogens (tertiary/aromatic N) is 2. The molecule has 6 heteroatoms. The molecule has 2 unspecified atom stereocenters. The molecule has 5 heterocycles. The van der Waals surface area contributed by atoms with Crippen LogP contribution in [-0.2, 0) is 0 Å². The van der Waals surface area contributed by atoms with Crippen molar-refractivity contribution in [3.05, 3.63) is 70.3 Å². The standard InChI is InChI=1S/C24H20Br2N4/c1-13(25)21-9-19-8-17-4-3-15(27-17)7-16-5-6-18(28-16)11-23-22(14(2)26)10-20(30-23)12-24(21)29-19/h3-14,29-30H,1-2H3/i9D. The molecule has 30 heavy (non-hydrogen) atoms. The Morgan fingerprint density at radius 1 is 0.700 bits per heavy atom. The minimum absolute atomic E-state index is 0.0328. The lowest BCUT2D eigenvalue weighted by Crippen LogP contribution is -1.81. The van der Waals surface area contributed by atoms with Gasteiger partial charge >= 0.3 is 0 Å². The van der Waals surface area contributed by atoms with E-state index in [9.17, 15) is 0 Å². The van der Waals surface area contributed by atoms with Gasteiger partial charge in [-0.05, 0) is 85.7 Å². The van der Waals surface area contributed by atoms with E-state index in [2.05, 4.69) is 71.9 Å². The zero-order chi connectivity index (χ0) is 21.7. The second kappa shape index (κ2) is 7.67. The predicted octanol–water partition coefficient (Wildman–Crippen LogP) is 7.57. The van der Waals surface area contributed by atoms with Gasteiger partial charge in [-0.1, -0.05) is 31.9 Å². The molecule has 4 nitrogen and oxygen atoms in total. The third-order valence-electron chi connectivity index (χ3n) is 5.10. The molecule has 0 fully saturated rings. The van der Waals surface area contributed by atoms with Gasteiger partial charge in [-0.15, -0.1) is 0 Å². The van der Waals surface area contributed by atoms with Crippen molar-refractivity contribution in [2.24, 2.45) is 0 Å². The number of hydrogen-bond acceptors (Lipinski definition) is 2. The summed E-state index contributed by atoms with van der Waals surface area (Å²) in [5, 5.41) is 0. The molecule has 8 bridgehead atoms. The molecule has 2 aliphatic heterocycles. The number of H-pyrrole nitrogens is 2. The second-order valence-corrected chi connectivity index (χ2v) is 10.2. The molecule has 0 aromatic carbocycles. The fraction of sp³-hybridized carbons (Fsp3) is 0.167. The summed E-state index contributed by atoms with van der Waals surface area (Å²) in [5.41, 5.74) is 9.12. The maximum Gasteiger partial charge on any atom is 0.0659 e. The van der Waals surface area contributed by atoms with Gasteiger partial charge in [0.2, 0.25) is 0 Å². The van der Waals surface area contributed by atoms with Crippen LogP contribution in [0, 0.1) is 0 Å². The Bertz CT molecular complexity index is 1410. The van der Waals surface area contributed by atoms with E-state index < -0.39 is 0 Å². The van der Waals surface area contributed by atoms with Gasteiger partial charge in [-0.3, -0.25) is 0 Å². The first kappa shape index (κ1) is 18.3. The molecule has 2 N–H and O–H groups in total. The molecule has 0 saturated heterocycles. The monoisotopic (exact) mass is 523 g/mol. The first-order chi connectivity index (χ1) is 14.9. The summed E-state index contributed by atoms with van der Waals surface area (Å²) in [5.74, 6) is 0. The van der Waals surface area contributed by atoms with Gasteiger partial charge in [0.15, 0.2) is 0 Å². The van der Waals surface area contributed by atoms with Crippen molar-refractivity contribution in [3.63, 3.8) is 0 Å². The highest BCUT2D eigenvalue weighted by Crippen LogP contribution is 2.31. The molecular weight excluding hydrogens is 504 g/mol. The first-order valence-corrected chi connectivity index (χ1v) is 11.6. The number of rotatable bonds is 2. The van der Waals surface area contributed by atoms with Gasteiger partial charge in [0.05, 0.1) is 24.1 Å². The van der Waals surface area contributed by atoms with Gasteiger partial charge in [0.1, 0.15) is 0 Å². The SMILES string of the molecule is [2H]c1c(C(C)Br)c2cc3cc(C(C)Br)c(cc4nc(cc5nc(cc1[nH]2)C=C5)C=C4)[nH]3. The predicted molar refractivity (Wildman–Crippen MR) is 134 cm³/mol. The summed E-state index contributed by atoms with van der Waals surface area (Å²) < 4.78 is 8.73. The largest absolute Gasteiger partial charge is 0.355 e. The van der Waals surface area contributed by atoms with Crippen LogP contribution in [0.25, 0.3) is 46.4 Å². The smallest absolute Gasteiger partial charge is 0.0659 e. The summed E-state index contributed by atoms with van der Waals surface area (Å²) in [6, 6.07) is 10.6. The van der Waals surface area contributed by atoms with Gasteiger partial charge in [0.25, 0.3) is 0 Å². The molecular formula is C24H20Br2N4. The van der Waals surface area contributed by atoms with E-state index in [4.69, 9.17) is 6.35 Å². The average Bonchev–Trinajstić information content (AvgIpc) is 3.46. The molecule has 0 aliphatic carbocycles. The van der Waals surface area contributed by atoms with Crippen molar-refractivity contribution < 1.29 is 1.37 Å². The van der Waals surface area contributed by atoms with E-state index in [1.165, 1.54) is 0 Å². The van der Waals surface area contributed by atoms with Crippen LogP contribution in [0.1, 0.15) is 58.8 Å². The van der Waals surface area contributed by atoms with Crippen LogP contribution in [0.4, 0.5) is 0 Å².